The number of ether oxygens (including phenoxy) is 1. The molecule has 0 unspecified atom stereocenters. The van der Waals surface area contributed by atoms with Crippen molar-refractivity contribution in [2.45, 2.75) is 20.8 Å². The molecule has 0 spiro atoms. The van der Waals surface area contributed by atoms with Crippen LogP contribution < -0.4 is 0 Å². The molecule has 0 aliphatic heterocycles. The highest BCUT2D eigenvalue weighted by molar-refractivity contribution is 5.94. The van der Waals surface area contributed by atoms with Crippen molar-refractivity contribution in [2.24, 2.45) is 0 Å². The van der Waals surface area contributed by atoms with Crippen molar-refractivity contribution in [1.82, 2.24) is 4.90 Å². The molecule has 0 aromatic carbocycles. The minimum Gasteiger partial charge on any atom is -0.462 e. The normalized spacial score (nSPS) is 13.5. The maximum atomic E-state index is 12.2. The van der Waals surface area contributed by atoms with Crippen LogP contribution in [-0.2, 0) is 9.53 Å². The number of carbonyl (C=O) groups excluding carboxylic acids is 1. The van der Waals surface area contributed by atoms with Crippen LogP contribution in [0.1, 0.15) is 20.8 Å². The van der Waals surface area contributed by atoms with E-state index < -0.39 is 15.8 Å². The largest absolute Gasteiger partial charge is 0.462 e. The van der Waals surface area contributed by atoms with Crippen LogP contribution in [0.15, 0.2) is 47.0 Å². The molecular formula is C15H21N3O6. The second kappa shape index (κ2) is 9.93. The average molecular weight is 339 g/mol. The summed E-state index contributed by atoms with van der Waals surface area (Å²) in [4.78, 5) is 34.6. The number of hydrogen-bond acceptors (Lipinski definition) is 7. The topological polar surface area (TPSA) is 116 Å². The number of allylic oxidation sites excluding steroid dienone is 3. The minimum atomic E-state index is -0.877. The Bertz CT molecular complexity index is 629. The third-order valence-electron chi connectivity index (χ3n) is 2.71. The van der Waals surface area contributed by atoms with Gasteiger partial charge in [-0.2, -0.15) is 0 Å². The number of nitro groups is 2. The Kier molecular flexibility index (Phi) is 8.70. The molecule has 0 radical (unpaired) electrons. The molecule has 0 amide bonds. The van der Waals surface area contributed by atoms with Crippen LogP contribution in [0.25, 0.3) is 0 Å². The van der Waals surface area contributed by atoms with E-state index in [4.69, 9.17) is 4.74 Å². The van der Waals surface area contributed by atoms with Gasteiger partial charge in [0.15, 0.2) is 0 Å². The Morgan fingerprint density at radius 1 is 1.17 bits per heavy atom. The van der Waals surface area contributed by atoms with E-state index in [1.165, 1.54) is 32.2 Å². The summed E-state index contributed by atoms with van der Waals surface area (Å²) in [6, 6.07) is 0. The third-order valence-corrected chi connectivity index (χ3v) is 2.71. The van der Waals surface area contributed by atoms with E-state index in [9.17, 15) is 25.0 Å². The SMILES string of the molecule is C\C=C(C(/C=C/N(C)C)=C(\C=C(/C)[N+](=O)[O-])C(=O)OCC)\[N+](=O)[O-]. The van der Waals surface area contributed by atoms with Crippen molar-refractivity contribution in [3.63, 3.8) is 0 Å². The van der Waals surface area contributed by atoms with Crippen molar-refractivity contribution < 1.29 is 19.4 Å². The van der Waals surface area contributed by atoms with Crippen LogP contribution in [0.4, 0.5) is 0 Å². The third kappa shape index (κ3) is 6.42. The molecule has 9 nitrogen and oxygen atoms in total. The zero-order chi connectivity index (χ0) is 18.9. The molecule has 0 saturated heterocycles. The van der Waals surface area contributed by atoms with Gasteiger partial charge in [-0.1, -0.05) is 0 Å². The first-order chi connectivity index (χ1) is 11.1. The lowest BCUT2D eigenvalue weighted by atomic mass is 10.0. The summed E-state index contributed by atoms with van der Waals surface area (Å²) in [5.41, 5.74) is -1.03. The van der Waals surface area contributed by atoms with Gasteiger partial charge in [0.05, 0.1) is 27.6 Å². The summed E-state index contributed by atoms with van der Waals surface area (Å²) in [7, 11) is 3.38. The molecule has 132 valence electrons. The van der Waals surface area contributed by atoms with Gasteiger partial charge in [0, 0.05) is 27.1 Å². The van der Waals surface area contributed by atoms with E-state index in [1.807, 2.05) is 0 Å². The summed E-state index contributed by atoms with van der Waals surface area (Å²) in [5, 5.41) is 22.1. The fourth-order valence-corrected chi connectivity index (χ4v) is 1.61. The van der Waals surface area contributed by atoms with Gasteiger partial charge in [0.1, 0.15) is 0 Å². The van der Waals surface area contributed by atoms with E-state index in [1.54, 1.807) is 25.9 Å². The standard InChI is InChI=1S/C15H21N3O6/c1-6-14(18(22)23)12(8-9-16(4)5)13(15(19)24-7-2)10-11(3)17(20)21/h6,8-10H,7H2,1-5H3/b9-8+,11-10+,13-12+,14-6+. The molecule has 0 aliphatic rings. The quantitative estimate of drug-likeness (QED) is 0.219. The molecule has 0 aliphatic carbocycles. The fourth-order valence-electron chi connectivity index (χ4n) is 1.61. The Morgan fingerprint density at radius 2 is 1.75 bits per heavy atom. The van der Waals surface area contributed by atoms with E-state index >= 15 is 0 Å². The molecule has 0 saturated carbocycles. The van der Waals surface area contributed by atoms with Gasteiger partial charge in [-0.3, -0.25) is 20.2 Å². The molecule has 0 aromatic heterocycles. The van der Waals surface area contributed by atoms with Gasteiger partial charge in [-0.15, -0.1) is 0 Å². The number of nitrogens with zero attached hydrogens (tertiary/aromatic N) is 3. The summed E-state index contributed by atoms with van der Waals surface area (Å²) >= 11 is 0. The maximum absolute atomic E-state index is 12.2. The molecule has 0 aromatic rings. The van der Waals surface area contributed by atoms with Gasteiger partial charge in [-0.05, 0) is 32.2 Å². The highest BCUT2D eigenvalue weighted by Gasteiger charge is 2.24. The smallest absolute Gasteiger partial charge is 0.339 e. The lowest BCUT2D eigenvalue weighted by molar-refractivity contribution is -0.424. The van der Waals surface area contributed by atoms with Crippen LogP contribution in [0.3, 0.4) is 0 Å². The van der Waals surface area contributed by atoms with Crippen molar-refractivity contribution in [1.29, 1.82) is 0 Å². The van der Waals surface area contributed by atoms with Gasteiger partial charge in [0.2, 0.25) is 5.70 Å². The van der Waals surface area contributed by atoms with Crippen LogP contribution in [-0.4, -0.2) is 41.4 Å². The molecule has 0 atom stereocenters. The summed E-state index contributed by atoms with van der Waals surface area (Å²) < 4.78 is 4.89. The van der Waals surface area contributed by atoms with E-state index in [-0.39, 0.29) is 29.1 Å². The predicted octanol–water partition coefficient (Wildman–Crippen LogP) is 2.28. The average Bonchev–Trinajstić information content (AvgIpc) is 2.48. The zero-order valence-corrected chi connectivity index (χ0v) is 14.3. The molecule has 0 fully saturated rings. The fraction of sp³-hybridized carbons (Fsp3) is 0.400. The van der Waals surface area contributed by atoms with Crippen LogP contribution >= 0.6 is 0 Å². The minimum absolute atomic E-state index is 0.0298. The molecule has 24 heavy (non-hydrogen) atoms. The van der Waals surface area contributed by atoms with E-state index in [0.717, 1.165) is 6.08 Å². The Labute approximate surface area is 139 Å². The van der Waals surface area contributed by atoms with Crippen molar-refractivity contribution in [2.75, 3.05) is 20.7 Å². The first-order valence-corrected chi connectivity index (χ1v) is 7.05. The molecule has 0 N–H and O–H groups in total. The lowest BCUT2D eigenvalue weighted by Crippen LogP contribution is -2.13. The maximum Gasteiger partial charge on any atom is 0.339 e. The second-order valence-electron chi connectivity index (χ2n) is 4.80. The Balaban J connectivity index is 6.62. The summed E-state index contributed by atoms with van der Waals surface area (Å²) in [6.07, 6.45) is 5.02. The van der Waals surface area contributed by atoms with Crippen molar-refractivity contribution in [3.8, 4) is 0 Å². The van der Waals surface area contributed by atoms with Gasteiger partial charge in [0.25, 0.3) is 5.70 Å². The predicted molar refractivity (Wildman–Crippen MR) is 88.0 cm³/mol. The number of carbonyl (C=O) groups is 1. The van der Waals surface area contributed by atoms with Crippen LogP contribution in [0.2, 0.25) is 0 Å². The van der Waals surface area contributed by atoms with Crippen LogP contribution in [0.5, 0.6) is 0 Å². The molecule has 0 bridgehead atoms. The first-order valence-electron chi connectivity index (χ1n) is 7.05. The zero-order valence-electron chi connectivity index (χ0n) is 14.3. The summed E-state index contributed by atoms with van der Waals surface area (Å²) in [6.45, 7) is 4.23. The first kappa shape index (κ1) is 21.0. The molecular weight excluding hydrogens is 318 g/mol. The molecule has 9 heteroatoms. The Morgan fingerprint density at radius 3 is 2.12 bits per heavy atom. The van der Waals surface area contributed by atoms with E-state index in [2.05, 4.69) is 0 Å². The Hall–Kier alpha value is -2.97. The molecule has 0 heterocycles. The van der Waals surface area contributed by atoms with E-state index in [0.29, 0.717) is 0 Å². The highest BCUT2D eigenvalue weighted by Crippen LogP contribution is 2.21. The van der Waals surface area contributed by atoms with Gasteiger partial charge in [-0.25, -0.2) is 4.79 Å². The second-order valence-corrected chi connectivity index (χ2v) is 4.80. The lowest BCUT2D eigenvalue weighted by Gasteiger charge is -2.09. The van der Waals surface area contributed by atoms with Crippen LogP contribution in [0, 0.1) is 20.2 Å². The monoisotopic (exact) mass is 339 g/mol. The van der Waals surface area contributed by atoms with Gasteiger partial charge < -0.3 is 9.64 Å². The molecule has 0 rings (SSSR count). The number of rotatable bonds is 8. The van der Waals surface area contributed by atoms with Crippen molar-refractivity contribution in [3.05, 3.63) is 67.2 Å². The van der Waals surface area contributed by atoms with Gasteiger partial charge >= 0.3 is 5.97 Å². The van der Waals surface area contributed by atoms with Crippen molar-refractivity contribution >= 4 is 5.97 Å². The summed E-state index contributed by atoms with van der Waals surface area (Å²) in [5.74, 6) is -0.877. The highest BCUT2D eigenvalue weighted by atomic mass is 16.6. The number of esters is 1. The number of hydrogen-bond donors (Lipinski definition) is 0.